The molecule has 3 rings (SSSR count). The van der Waals surface area contributed by atoms with Crippen molar-refractivity contribution >= 4 is 28.1 Å². The summed E-state index contributed by atoms with van der Waals surface area (Å²) in [5.41, 5.74) is 0.670. The molecule has 3 heteroatoms. The second-order valence-corrected chi connectivity index (χ2v) is 10.8. The van der Waals surface area contributed by atoms with Gasteiger partial charge < -0.3 is 4.74 Å². The maximum absolute atomic E-state index is 5.92. The Morgan fingerprint density at radius 2 is 1.57 bits per heavy atom. The van der Waals surface area contributed by atoms with Crippen LogP contribution in [0.15, 0.2) is 60.7 Å². The molecule has 1 atom stereocenters. The quantitative estimate of drug-likeness (QED) is 0.424. The molecule has 0 N–H and O–H groups in total. The van der Waals surface area contributed by atoms with E-state index in [0.29, 0.717) is 5.73 Å². The first-order chi connectivity index (χ1) is 11.4. The lowest BCUT2D eigenvalue weighted by Crippen LogP contribution is -2.25. The maximum Gasteiger partial charge on any atom is 0.0555 e. The van der Waals surface area contributed by atoms with E-state index in [0.717, 1.165) is 6.61 Å². The number of hydrogen-bond acceptors (Lipinski definition) is 1. The maximum atomic E-state index is 5.92. The second-order valence-electron chi connectivity index (χ2n) is 6.31. The summed E-state index contributed by atoms with van der Waals surface area (Å²) in [4.78, 5) is 0. The van der Waals surface area contributed by atoms with E-state index < -0.39 is 0 Å². The molecule has 0 saturated carbocycles. The second kappa shape index (κ2) is 9.37. The smallest absolute Gasteiger partial charge is 0.0555 e. The first-order valence-electron chi connectivity index (χ1n) is 8.93. The molecule has 122 valence electrons. The molecule has 0 aliphatic carbocycles. The molecule has 0 spiro atoms. The van der Waals surface area contributed by atoms with E-state index in [4.69, 9.17) is 4.74 Å². The Morgan fingerprint density at radius 3 is 2.13 bits per heavy atom. The normalized spacial score (nSPS) is 18.7. The van der Waals surface area contributed by atoms with Crippen LogP contribution in [-0.4, -0.2) is 28.0 Å². The van der Waals surface area contributed by atoms with Crippen molar-refractivity contribution < 1.29 is 4.74 Å². The van der Waals surface area contributed by atoms with Gasteiger partial charge in [0, 0.05) is 12.3 Å². The minimum Gasteiger partial charge on any atom is -0.382 e. The van der Waals surface area contributed by atoms with Crippen LogP contribution in [0.5, 0.6) is 0 Å². The van der Waals surface area contributed by atoms with Crippen LogP contribution < -0.4 is 10.6 Å². The summed E-state index contributed by atoms with van der Waals surface area (Å²) in [6.45, 7) is 1.01. The SMILES string of the molecule is c1ccc(P(CCC[SiH2]C2CCCCO2)c2ccccc2)cc1. The van der Waals surface area contributed by atoms with Gasteiger partial charge in [-0.05, 0) is 44.0 Å². The average Bonchev–Trinajstić information content (AvgIpc) is 2.64. The molecule has 2 aromatic rings. The Morgan fingerprint density at radius 1 is 0.913 bits per heavy atom. The minimum atomic E-state index is -0.199. The molecule has 2 aromatic carbocycles. The van der Waals surface area contributed by atoms with Crippen molar-refractivity contribution in [2.75, 3.05) is 12.8 Å². The lowest BCUT2D eigenvalue weighted by Gasteiger charge is -2.23. The molecule has 1 aliphatic rings. The fourth-order valence-corrected chi connectivity index (χ4v) is 8.04. The van der Waals surface area contributed by atoms with Gasteiger partial charge in [-0.25, -0.2) is 0 Å². The Balaban J connectivity index is 1.56. The third kappa shape index (κ3) is 5.27. The van der Waals surface area contributed by atoms with Crippen molar-refractivity contribution in [3.05, 3.63) is 60.7 Å². The van der Waals surface area contributed by atoms with Crippen LogP contribution in [0.3, 0.4) is 0 Å². The minimum absolute atomic E-state index is 0.0490. The van der Waals surface area contributed by atoms with Crippen LogP contribution in [0.1, 0.15) is 25.7 Å². The molecule has 1 aliphatic heterocycles. The standard InChI is InChI=1S/C20H27OPSi/c1-3-10-18(11-4-1)22(19-12-5-2-6-13-19)16-9-17-23-20-14-7-8-15-21-20/h1-6,10-13,20H,7-9,14-17,23H2. The molecule has 1 saturated heterocycles. The van der Waals surface area contributed by atoms with Crippen LogP contribution in [-0.2, 0) is 4.74 Å². The van der Waals surface area contributed by atoms with Crippen molar-refractivity contribution in [1.29, 1.82) is 0 Å². The van der Waals surface area contributed by atoms with Gasteiger partial charge in [0.1, 0.15) is 0 Å². The highest BCUT2D eigenvalue weighted by atomic mass is 31.1. The van der Waals surface area contributed by atoms with E-state index in [1.165, 1.54) is 48.5 Å². The zero-order chi connectivity index (χ0) is 15.7. The van der Waals surface area contributed by atoms with Crippen LogP contribution >= 0.6 is 7.92 Å². The summed E-state index contributed by atoms with van der Waals surface area (Å²) in [5.74, 6) is 0. The van der Waals surface area contributed by atoms with E-state index in [-0.39, 0.29) is 17.4 Å². The lowest BCUT2D eigenvalue weighted by molar-refractivity contribution is 0.0650. The van der Waals surface area contributed by atoms with Gasteiger partial charge >= 0.3 is 0 Å². The predicted molar refractivity (Wildman–Crippen MR) is 105 cm³/mol. The Labute approximate surface area is 144 Å². The Hall–Kier alpha value is -0.953. The topological polar surface area (TPSA) is 9.23 Å². The average molecular weight is 342 g/mol. The van der Waals surface area contributed by atoms with Gasteiger partial charge in [-0.3, -0.25) is 0 Å². The van der Waals surface area contributed by atoms with Crippen molar-refractivity contribution in [2.24, 2.45) is 0 Å². The van der Waals surface area contributed by atoms with Gasteiger partial charge in [0.15, 0.2) is 0 Å². The zero-order valence-electron chi connectivity index (χ0n) is 13.9. The van der Waals surface area contributed by atoms with Crippen LogP contribution in [0.2, 0.25) is 6.04 Å². The fraction of sp³-hybridized carbons (Fsp3) is 0.400. The molecular formula is C20H27OPSi. The molecule has 23 heavy (non-hydrogen) atoms. The summed E-state index contributed by atoms with van der Waals surface area (Å²) in [6.07, 6.45) is 6.68. The van der Waals surface area contributed by atoms with Crippen molar-refractivity contribution in [3.63, 3.8) is 0 Å². The van der Waals surface area contributed by atoms with Gasteiger partial charge in [-0.2, -0.15) is 0 Å². The van der Waals surface area contributed by atoms with Crippen LogP contribution in [0.25, 0.3) is 0 Å². The molecule has 1 unspecified atom stereocenters. The molecule has 1 heterocycles. The van der Waals surface area contributed by atoms with E-state index in [1.54, 1.807) is 0 Å². The van der Waals surface area contributed by atoms with Gasteiger partial charge in [0.2, 0.25) is 0 Å². The van der Waals surface area contributed by atoms with Gasteiger partial charge in [-0.1, -0.05) is 73.1 Å². The number of ether oxygens (including phenoxy) is 1. The molecule has 0 amide bonds. The third-order valence-electron chi connectivity index (χ3n) is 4.57. The molecule has 0 bridgehead atoms. The molecular weight excluding hydrogens is 315 g/mol. The Bertz CT molecular complexity index is 515. The van der Waals surface area contributed by atoms with Crippen molar-refractivity contribution in [2.45, 2.75) is 37.5 Å². The lowest BCUT2D eigenvalue weighted by atomic mass is 10.2. The van der Waals surface area contributed by atoms with E-state index in [9.17, 15) is 0 Å². The highest BCUT2D eigenvalue weighted by Crippen LogP contribution is 2.34. The first-order valence-corrected chi connectivity index (χ1v) is 12.3. The third-order valence-corrected chi connectivity index (χ3v) is 9.37. The highest BCUT2D eigenvalue weighted by molar-refractivity contribution is 7.73. The van der Waals surface area contributed by atoms with Gasteiger partial charge in [-0.15, -0.1) is 0 Å². The molecule has 1 nitrogen and oxygen atoms in total. The largest absolute Gasteiger partial charge is 0.382 e. The number of rotatable bonds is 7. The first kappa shape index (κ1) is 16.9. The predicted octanol–water partition coefficient (Wildman–Crippen LogP) is 3.62. The summed E-state index contributed by atoms with van der Waals surface area (Å²) in [5, 5.41) is 3.04. The molecule has 0 radical (unpaired) electrons. The highest BCUT2D eigenvalue weighted by Gasteiger charge is 2.16. The van der Waals surface area contributed by atoms with Crippen molar-refractivity contribution in [1.82, 2.24) is 0 Å². The molecule has 1 fully saturated rings. The van der Waals surface area contributed by atoms with Gasteiger partial charge in [0.25, 0.3) is 0 Å². The number of benzene rings is 2. The van der Waals surface area contributed by atoms with E-state index in [2.05, 4.69) is 60.7 Å². The van der Waals surface area contributed by atoms with Crippen LogP contribution in [0.4, 0.5) is 0 Å². The monoisotopic (exact) mass is 342 g/mol. The zero-order valence-corrected chi connectivity index (χ0v) is 16.2. The summed E-state index contributed by atoms with van der Waals surface area (Å²) < 4.78 is 5.92. The summed E-state index contributed by atoms with van der Waals surface area (Å²) >= 11 is 0. The number of hydrogen-bond donors (Lipinski definition) is 0. The Kier molecular flexibility index (Phi) is 6.88. The van der Waals surface area contributed by atoms with E-state index >= 15 is 0 Å². The summed E-state index contributed by atoms with van der Waals surface area (Å²) in [6, 6.07) is 23.6. The fourth-order valence-electron chi connectivity index (χ4n) is 3.30. The van der Waals surface area contributed by atoms with Gasteiger partial charge in [0.05, 0.1) is 9.52 Å². The van der Waals surface area contributed by atoms with Crippen molar-refractivity contribution in [3.8, 4) is 0 Å². The molecule has 0 aromatic heterocycles. The van der Waals surface area contributed by atoms with E-state index in [1.807, 2.05) is 0 Å². The summed E-state index contributed by atoms with van der Waals surface area (Å²) in [7, 11) is -0.247. The van der Waals surface area contributed by atoms with Crippen LogP contribution in [0, 0.1) is 0 Å².